The van der Waals surface area contributed by atoms with E-state index in [1.165, 1.54) is 180 Å². The lowest BCUT2D eigenvalue weighted by Gasteiger charge is -2.05. The molecule has 0 aromatic carbocycles. The highest BCUT2D eigenvalue weighted by atomic mass is 16.5. The van der Waals surface area contributed by atoms with Crippen molar-refractivity contribution in [3.8, 4) is 0 Å². The van der Waals surface area contributed by atoms with E-state index in [0.29, 0.717) is 0 Å². The summed E-state index contributed by atoms with van der Waals surface area (Å²) in [7, 11) is 0. The number of unbranched alkanes of at least 4 members (excludes halogenated alkanes) is 24. The minimum absolute atomic E-state index is 0. The molecule has 0 spiro atoms. The maximum absolute atomic E-state index is 5.85. The Kier molecular flexibility index (Phi) is 40.1. The maximum Gasteiger partial charge on any atom is 0.0466 e. The van der Waals surface area contributed by atoms with Crippen LogP contribution in [0.3, 0.4) is 0 Å². The summed E-state index contributed by atoms with van der Waals surface area (Å²) in [4.78, 5) is 0. The van der Waals surface area contributed by atoms with E-state index < -0.39 is 0 Å². The summed E-state index contributed by atoms with van der Waals surface area (Å²) in [5.74, 6) is 0. The monoisotopic (exact) mass is 536 g/mol. The Morgan fingerprint density at radius 1 is 0.316 bits per heavy atom. The molecule has 0 aliphatic rings. The third-order valence-corrected chi connectivity index (χ3v) is 7.60. The summed E-state index contributed by atoms with van der Waals surface area (Å²) in [6.07, 6.45) is 48.1. The second-order valence-electron chi connectivity index (χ2n) is 11.5. The third-order valence-electron chi connectivity index (χ3n) is 7.60. The molecule has 0 aromatic heterocycles. The molecular weight excluding hydrogens is 462 g/mol. The highest BCUT2D eigenvalue weighted by molar-refractivity contribution is 4.82. The first kappa shape index (κ1) is 39.5. The number of allylic oxidation sites excluding steroid dienone is 4. The zero-order chi connectivity index (χ0) is 26.7. The maximum atomic E-state index is 5.85. The topological polar surface area (TPSA) is 44.2 Å². The van der Waals surface area contributed by atoms with E-state index in [4.69, 9.17) is 4.74 Å². The summed E-state index contributed by atoms with van der Waals surface area (Å²) >= 11 is 0. The van der Waals surface area contributed by atoms with Crippen LogP contribution in [0.25, 0.3) is 0 Å². The van der Waals surface area contributed by atoms with Gasteiger partial charge < -0.3 is 10.9 Å². The van der Waals surface area contributed by atoms with Crippen LogP contribution in [0.2, 0.25) is 0 Å². The van der Waals surface area contributed by atoms with Crippen molar-refractivity contribution >= 4 is 0 Å². The molecule has 228 valence electrons. The molecule has 0 radical (unpaired) electrons. The Balaban J connectivity index is 0. The second-order valence-corrected chi connectivity index (χ2v) is 11.5. The highest BCUT2D eigenvalue weighted by Crippen LogP contribution is 2.12. The van der Waals surface area contributed by atoms with Gasteiger partial charge in [-0.3, -0.25) is 0 Å². The fourth-order valence-corrected chi connectivity index (χ4v) is 5.01. The molecule has 2 nitrogen and oxygen atoms in total. The third kappa shape index (κ3) is 37.6. The fourth-order valence-electron chi connectivity index (χ4n) is 5.01. The van der Waals surface area contributed by atoms with Gasteiger partial charge in [0.05, 0.1) is 0 Å². The van der Waals surface area contributed by atoms with Crippen LogP contribution in [0.1, 0.15) is 194 Å². The molecule has 0 fully saturated rings. The van der Waals surface area contributed by atoms with Crippen molar-refractivity contribution in [1.82, 2.24) is 6.15 Å². The van der Waals surface area contributed by atoms with Crippen LogP contribution in [0, 0.1) is 0 Å². The normalized spacial score (nSPS) is 11.6. The second kappa shape index (κ2) is 38.5. The Morgan fingerprint density at radius 3 is 0.842 bits per heavy atom. The molecule has 38 heavy (non-hydrogen) atoms. The minimum Gasteiger partial charge on any atom is -0.381 e. The van der Waals surface area contributed by atoms with Crippen LogP contribution in [0.15, 0.2) is 24.3 Å². The zero-order valence-electron chi connectivity index (χ0n) is 26.6. The van der Waals surface area contributed by atoms with Crippen LogP contribution in [0.5, 0.6) is 0 Å². The molecule has 0 heterocycles. The Hall–Kier alpha value is -0.600. The van der Waals surface area contributed by atoms with Crippen molar-refractivity contribution in [3.05, 3.63) is 24.3 Å². The molecular formula is C36H73NO. The molecule has 0 rings (SSSR count). The van der Waals surface area contributed by atoms with E-state index in [0.717, 1.165) is 13.2 Å². The molecule has 0 aliphatic heterocycles. The number of rotatable bonds is 32. The lowest BCUT2D eigenvalue weighted by Crippen LogP contribution is -1.97. The predicted molar refractivity (Wildman–Crippen MR) is 175 cm³/mol. The van der Waals surface area contributed by atoms with Gasteiger partial charge in [0.15, 0.2) is 0 Å². The molecule has 0 bridgehead atoms. The highest BCUT2D eigenvalue weighted by Gasteiger charge is 1.95. The van der Waals surface area contributed by atoms with Crippen molar-refractivity contribution in [2.75, 3.05) is 13.2 Å². The van der Waals surface area contributed by atoms with E-state index >= 15 is 0 Å². The molecule has 0 aromatic rings. The quantitative estimate of drug-likeness (QED) is 0.0687. The summed E-state index contributed by atoms with van der Waals surface area (Å²) in [6, 6.07) is 0. The van der Waals surface area contributed by atoms with Gasteiger partial charge in [-0.15, -0.1) is 0 Å². The lowest BCUT2D eigenvalue weighted by molar-refractivity contribution is 0.125. The van der Waals surface area contributed by atoms with Gasteiger partial charge in [-0.1, -0.05) is 154 Å². The van der Waals surface area contributed by atoms with E-state index in [1.807, 2.05) is 0 Å². The van der Waals surface area contributed by atoms with E-state index in [-0.39, 0.29) is 6.15 Å². The molecule has 0 unspecified atom stereocenters. The van der Waals surface area contributed by atoms with Crippen molar-refractivity contribution in [3.63, 3.8) is 0 Å². The average molecular weight is 536 g/mol. The van der Waals surface area contributed by atoms with Crippen LogP contribution in [0.4, 0.5) is 0 Å². The minimum atomic E-state index is 0. The lowest BCUT2D eigenvalue weighted by atomic mass is 10.1. The smallest absolute Gasteiger partial charge is 0.0466 e. The molecule has 3 N–H and O–H groups in total. The Bertz CT molecular complexity index is 405. The number of hydrogen-bond acceptors (Lipinski definition) is 2. The largest absolute Gasteiger partial charge is 0.381 e. The van der Waals surface area contributed by atoms with Crippen molar-refractivity contribution in [2.24, 2.45) is 0 Å². The summed E-state index contributed by atoms with van der Waals surface area (Å²) in [5, 5.41) is 0. The van der Waals surface area contributed by atoms with Gasteiger partial charge in [-0.05, 0) is 64.2 Å². The van der Waals surface area contributed by atoms with Crippen molar-refractivity contribution in [1.29, 1.82) is 0 Å². The number of ether oxygens (including phenoxy) is 1. The molecule has 2 heteroatoms. The van der Waals surface area contributed by atoms with E-state index in [1.54, 1.807) is 0 Å². The Labute approximate surface area is 241 Å². The molecule has 0 saturated heterocycles. The first-order valence-corrected chi connectivity index (χ1v) is 17.3. The first-order valence-electron chi connectivity index (χ1n) is 17.3. The van der Waals surface area contributed by atoms with Gasteiger partial charge in [-0.2, -0.15) is 0 Å². The van der Waals surface area contributed by atoms with Crippen LogP contribution >= 0.6 is 0 Å². The standard InChI is InChI=1S/C36H70O.H3N/c1-3-5-7-9-11-13-15-17-19-21-23-25-27-29-31-33-35-37-36-34-32-30-28-26-24-22-20-18-16-14-12-10-8-6-4-2;/h17-20H,3-16,21-36H2,1-2H3;1H3/b19-17-,20-18-;. The SMILES string of the molecule is CCCCCCCC/C=C\CCCCCCCCOCCCCCCCC/C=C\CCCCCCCC.N. The van der Waals surface area contributed by atoms with E-state index in [2.05, 4.69) is 38.2 Å². The number of hydrogen-bond donors (Lipinski definition) is 1. The summed E-state index contributed by atoms with van der Waals surface area (Å²) < 4.78 is 5.85. The van der Waals surface area contributed by atoms with Gasteiger partial charge in [0, 0.05) is 13.2 Å². The van der Waals surface area contributed by atoms with Crippen LogP contribution < -0.4 is 6.15 Å². The molecule has 0 aliphatic carbocycles. The van der Waals surface area contributed by atoms with Gasteiger partial charge in [0.1, 0.15) is 0 Å². The first-order chi connectivity index (χ1) is 18.4. The Morgan fingerprint density at radius 2 is 0.553 bits per heavy atom. The summed E-state index contributed by atoms with van der Waals surface area (Å²) in [6.45, 7) is 6.54. The van der Waals surface area contributed by atoms with Crippen molar-refractivity contribution in [2.45, 2.75) is 194 Å². The van der Waals surface area contributed by atoms with Gasteiger partial charge >= 0.3 is 0 Å². The molecule has 0 amide bonds. The van der Waals surface area contributed by atoms with Gasteiger partial charge in [-0.25, -0.2) is 0 Å². The van der Waals surface area contributed by atoms with Crippen LogP contribution in [-0.4, -0.2) is 13.2 Å². The zero-order valence-corrected chi connectivity index (χ0v) is 26.6. The van der Waals surface area contributed by atoms with E-state index in [9.17, 15) is 0 Å². The fraction of sp³-hybridized carbons (Fsp3) is 0.889. The molecule has 0 atom stereocenters. The average Bonchev–Trinajstić information content (AvgIpc) is 2.91. The van der Waals surface area contributed by atoms with Crippen LogP contribution in [-0.2, 0) is 4.74 Å². The van der Waals surface area contributed by atoms with Gasteiger partial charge in [0.25, 0.3) is 0 Å². The van der Waals surface area contributed by atoms with Crippen molar-refractivity contribution < 1.29 is 4.74 Å². The van der Waals surface area contributed by atoms with Gasteiger partial charge in [0.2, 0.25) is 0 Å². The predicted octanol–water partition coefficient (Wildman–Crippen LogP) is 13.2. The summed E-state index contributed by atoms with van der Waals surface area (Å²) in [5.41, 5.74) is 0. The molecule has 0 saturated carbocycles.